The number of sulfonamides is 1. The molecule has 0 saturated carbocycles. The maximum atomic E-state index is 12.1. The lowest BCUT2D eigenvalue weighted by molar-refractivity contribution is 0.0895. The lowest BCUT2D eigenvalue weighted by Gasteiger charge is -2.42. The van der Waals surface area contributed by atoms with Crippen LogP contribution in [0, 0.1) is 0 Å². The van der Waals surface area contributed by atoms with Crippen LogP contribution in [0.1, 0.15) is 12.5 Å². The smallest absolute Gasteiger partial charge is 0.211 e. The van der Waals surface area contributed by atoms with Gasteiger partial charge in [0.15, 0.2) is 9.84 Å². The van der Waals surface area contributed by atoms with Crippen LogP contribution in [0.3, 0.4) is 0 Å². The number of hydrogen-bond acceptors (Lipinski definition) is 6. The number of sulfone groups is 1. The topological polar surface area (TPSA) is 92.6 Å². The van der Waals surface area contributed by atoms with E-state index < -0.39 is 25.9 Å². The van der Waals surface area contributed by atoms with Gasteiger partial charge in [-0.25, -0.2) is 16.8 Å². The zero-order valence-corrected chi connectivity index (χ0v) is 14.9. The Bertz CT molecular complexity index is 787. The van der Waals surface area contributed by atoms with Gasteiger partial charge in [-0.1, -0.05) is 0 Å². The molecule has 0 bridgehead atoms. The second-order valence-corrected chi connectivity index (χ2v) is 10.3. The third-order valence-electron chi connectivity index (χ3n) is 4.56. The summed E-state index contributed by atoms with van der Waals surface area (Å²) in [5, 5.41) is 4.23. The average Bonchev–Trinajstić information content (AvgIpc) is 3.00. The van der Waals surface area contributed by atoms with Gasteiger partial charge in [-0.2, -0.15) is 9.40 Å². The maximum Gasteiger partial charge on any atom is 0.211 e. The molecule has 130 valence electrons. The fourth-order valence-electron chi connectivity index (χ4n) is 3.50. The van der Waals surface area contributed by atoms with Gasteiger partial charge in [0.2, 0.25) is 10.0 Å². The van der Waals surface area contributed by atoms with Crippen molar-refractivity contribution in [2.24, 2.45) is 0 Å². The van der Waals surface area contributed by atoms with Gasteiger partial charge < -0.3 is 0 Å². The highest BCUT2D eigenvalue weighted by Gasteiger charge is 2.49. The Morgan fingerprint density at radius 2 is 1.96 bits per heavy atom. The van der Waals surface area contributed by atoms with E-state index in [0.717, 1.165) is 18.4 Å². The summed E-state index contributed by atoms with van der Waals surface area (Å²) in [4.78, 5) is 2.08. The Labute approximate surface area is 137 Å². The Morgan fingerprint density at radius 1 is 1.26 bits per heavy atom. The van der Waals surface area contributed by atoms with Crippen molar-refractivity contribution >= 4 is 19.9 Å². The zero-order valence-electron chi connectivity index (χ0n) is 13.3. The summed E-state index contributed by atoms with van der Waals surface area (Å²) in [6.45, 7) is 4.23. The van der Waals surface area contributed by atoms with E-state index in [2.05, 4.69) is 10.00 Å². The number of aromatic nitrogens is 2. The van der Waals surface area contributed by atoms with E-state index in [1.54, 1.807) is 6.20 Å². The molecule has 0 radical (unpaired) electrons. The van der Waals surface area contributed by atoms with E-state index in [9.17, 15) is 16.8 Å². The Balaban J connectivity index is 1.84. The van der Waals surface area contributed by atoms with Crippen LogP contribution in [-0.2, 0) is 33.0 Å². The van der Waals surface area contributed by atoms with Crippen molar-refractivity contribution in [1.82, 2.24) is 19.0 Å². The summed E-state index contributed by atoms with van der Waals surface area (Å²) in [6.07, 6.45) is 4.88. The largest absolute Gasteiger partial charge is 0.292 e. The molecular formula is C13H22N4O4S2. The van der Waals surface area contributed by atoms with Crippen molar-refractivity contribution in [2.75, 3.05) is 30.9 Å². The molecule has 0 amide bonds. The molecule has 3 heterocycles. The van der Waals surface area contributed by atoms with Gasteiger partial charge in [0.05, 0.1) is 30.0 Å². The Kier molecular flexibility index (Phi) is 4.28. The fraction of sp³-hybridized carbons (Fsp3) is 0.769. The van der Waals surface area contributed by atoms with Crippen LogP contribution in [0.25, 0.3) is 0 Å². The highest BCUT2D eigenvalue weighted by molar-refractivity contribution is 7.92. The van der Waals surface area contributed by atoms with Crippen molar-refractivity contribution in [3.05, 3.63) is 18.0 Å². The summed E-state index contributed by atoms with van der Waals surface area (Å²) >= 11 is 0. The average molecular weight is 362 g/mol. The first-order valence-corrected chi connectivity index (χ1v) is 11.3. The molecule has 23 heavy (non-hydrogen) atoms. The molecule has 0 N–H and O–H groups in total. The van der Waals surface area contributed by atoms with Crippen LogP contribution >= 0.6 is 0 Å². The van der Waals surface area contributed by atoms with E-state index in [-0.39, 0.29) is 17.5 Å². The molecule has 0 aromatic carbocycles. The van der Waals surface area contributed by atoms with Crippen molar-refractivity contribution in [1.29, 1.82) is 0 Å². The number of rotatable bonds is 4. The summed E-state index contributed by atoms with van der Waals surface area (Å²) in [5.41, 5.74) is 1.02. The highest BCUT2D eigenvalue weighted by Crippen LogP contribution is 2.29. The molecule has 3 rings (SSSR count). The molecule has 2 aliphatic rings. The molecule has 8 nitrogen and oxygen atoms in total. The predicted octanol–water partition coefficient (Wildman–Crippen LogP) is -0.854. The minimum Gasteiger partial charge on any atom is -0.292 e. The number of fused-ring (bicyclic) bond motifs is 1. The summed E-state index contributed by atoms with van der Waals surface area (Å²) in [5.74, 6) is -0.0684. The van der Waals surface area contributed by atoms with Gasteiger partial charge in [-0.05, 0) is 6.92 Å². The van der Waals surface area contributed by atoms with Gasteiger partial charge in [0, 0.05) is 44.0 Å². The first-order chi connectivity index (χ1) is 10.7. The zero-order chi connectivity index (χ0) is 16.8. The van der Waals surface area contributed by atoms with Gasteiger partial charge >= 0.3 is 0 Å². The molecule has 1 aromatic heterocycles. The van der Waals surface area contributed by atoms with Gasteiger partial charge in [-0.3, -0.25) is 9.58 Å². The first kappa shape index (κ1) is 16.9. The van der Waals surface area contributed by atoms with Crippen molar-refractivity contribution in [2.45, 2.75) is 32.1 Å². The molecule has 0 spiro atoms. The van der Waals surface area contributed by atoms with E-state index in [4.69, 9.17) is 0 Å². The molecule has 2 fully saturated rings. The quantitative estimate of drug-likeness (QED) is 0.692. The molecular weight excluding hydrogens is 340 g/mol. The number of hydrogen-bond donors (Lipinski definition) is 0. The molecule has 2 saturated heterocycles. The normalized spacial score (nSPS) is 28.8. The van der Waals surface area contributed by atoms with Crippen molar-refractivity contribution in [3.8, 4) is 0 Å². The SMILES string of the molecule is CCn1cc(CN2CCN(S(C)(=O)=O)[C@@H]3CS(=O)(=O)C[C@@H]32)cn1. The number of nitrogens with zero attached hydrogens (tertiary/aromatic N) is 4. The van der Waals surface area contributed by atoms with Crippen LogP contribution in [-0.4, -0.2) is 78.8 Å². The molecule has 0 aliphatic carbocycles. The summed E-state index contributed by atoms with van der Waals surface area (Å²) < 4.78 is 51.2. The minimum absolute atomic E-state index is 0.0194. The highest BCUT2D eigenvalue weighted by atomic mass is 32.2. The molecule has 0 unspecified atom stereocenters. The molecule has 1 aromatic rings. The molecule has 2 aliphatic heterocycles. The van der Waals surface area contributed by atoms with E-state index in [0.29, 0.717) is 19.6 Å². The standard InChI is InChI=1S/C13H22N4O4S2/c1-3-16-8-11(6-14-16)7-15-4-5-17(22(2,18)19)13-10-23(20,21)9-12(13)15/h6,8,12-13H,3-5,7,9-10H2,1-2H3/t12-,13+/m0/s1. The lowest BCUT2D eigenvalue weighted by atomic mass is 10.1. The van der Waals surface area contributed by atoms with Gasteiger partial charge in [0.1, 0.15) is 0 Å². The monoisotopic (exact) mass is 362 g/mol. The number of piperazine rings is 1. The number of aryl methyl sites for hydroxylation is 1. The van der Waals surface area contributed by atoms with Crippen LogP contribution < -0.4 is 0 Å². The first-order valence-electron chi connectivity index (χ1n) is 7.62. The van der Waals surface area contributed by atoms with Gasteiger partial charge in [0.25, 0.3) is 0 Å². The summed E-state index contributed by atoms with van der Waals surface area (Å²) in [7, 11) is -6.62. The second kappa shape index (κ2) is 5.83. The van der Waals surface area contributed by atoms with Crippen molar-refractivity contribution < 1.29 is 16.8 Å². The van der Waals surface area contributed by atoms with E-state index >= 15 is 0 Å². The van der Waals surface area contributed by atoms with Crippen LogP contribution in [0.2, 0.25) is 0 Å². The van der Waals surface area contributed by atoms with E-state index in [1.165, 1.54) is 4.31 Å². The van der Waals surface area contributed by atoms with Crippen LogP contribution in [0.15, 0.2) is 12.4 Å². The summed E-state index contributed by atoms with van der Waals surface area (Å²) in [6, 6.07) is -0.765. The predicted molar refractivity (Wildman–Crippen MR) is 86.1 cm³/mol. The Morgan fingerprint density at radius 3 is 2.57 bits per heavy atom. The van der Waals surface area contributed by atoms with Crippen molar-refractivity contribution in [3.63, 3.8) is 0 Å². The second-order valence-electron chi connectivity index (χ2n) is 6.26. The van der Waals surface area contributed by atoms with Gasteiger partial charge in [-0.15, -0.1) is 0 Å². The minimum atomic E-state index is -3.40. The maximum absolute atomic E-state index is 12.1. The van der Waals surface area contributed by atoms with Crippen LogP contribution in [0.5, 0.6) is 0 Å². The van der Waals surface area contributed by atoms with Crippen LogP contribution in [0.4, 0.5) is 0 Å². The Hall–Kier alpha value is -0.970. The fourth-order valence-corrected chi connectivity index (χ4v) is 6.72. The third kappa shape index (κ3) is 3.44. The lowest BCUT2D eigenvalue weighted by Crippen LogP contribution is -2.59. The molecule has 10 heteroatoms. The third-order valence-corrected chi connectivity index (χ3v) is 7.57. The molecule has 2 atom stereocenters. The van der Waals surface area contributed by atoms with E-state index in [1.807, 2.05) is 17.8 Å².